The van der Waals surface area contributed by atoms with Gasteiger partial charge >= 0.3 is 15.2 Å². The molecule has 0 unspecified atom stereocenters. The molecule has 0 aliphatic rings. The van der Waals surface area contributed by atoms with E-state index in [4.69, 9.17) is 18.1 Å². The first kappa shape index (κ1) is 21.2. The summed E-state index contributed by atoms with van der Waals surface area (Å²) in [5.74, 6) is 0.252. The van der Waals surface area contributed by atoms with Crippen molar-refractivity contribution >= 4 is 21.0 Å². The van der Waals surface area contributed by atoms with Gasteiger partial charge in [0.05, 0.1) is 32.6 Å². The van der Waals surface area contributed by atoms with Gasteiger partial charge in [-0.05, 0) is 27.7 Å². The Hall–Kier alpha value is -0.820. The summed E-state index contributed by atoms with van der Waals surface area (Å²) in [6, 6.07) is 0. The Labute approximate surface area is 142 Å². The maximum Gasteiger partial charge on any atom is 0.365 e. The molecule has 0 saturated heterocycles. The second-order valence-corrected chi connectivity index (χ2v) is 8.99. The zero-order valence-corrected chi connectivity index (χ0v) is 16.2. The fourth-order valence-electron chi connectivity index (χ4n) is 1.91. The molecule has 0 fully saturated rings. The first-order valence-electron chi connectivity index (χ1n) is 7.75. The van der Waals surface area contributed by atoms with Crippen LogP contribution in [0.4, 0.5) is 5.82 Å². The summed E-state index contributed by atoms with van der Waals surface area (Å²) >= 11 is 0. The molecule has 0 aliphatic heterocycles. The molecule has 1 aromatic rings. The van der Waals surface area contributed by atoms with Gasteiger partial charge in [-0.25, -0.2) is 4.98 Å². The van der Waals surface area contributed by atoms with E-state index >= 15 is 0 Å². The summed E-state index contributed by atoms with van der Waals surface area (Å²) < 4.78 is 47.8. The molecule has 0 saturated carbocycles. The van der Waals surface area contributed by atoms with Crippen molar-refractivity contribution in [3.8, 4) is 0 Å². The molecule has 138 valence electrons. The number of nitrogens with one attached hydrogen (secondary N) is 1. The lowest BCUT2D eigenvalue weighted by Gasteiger charge is -2.31. The van der Waals surface area contributed by atoms with Crippen molar-refractivity contribution in [2.45, 2.75) is 33.2 Å². The molecular weight excluding hydrogens is 356 g/mol. The highest BCUT2D eigenvalue weighted by Crippen LogP contribution is 2.69. The summed E-state index contributed by atoms with van der Waals surface area (Å²) in [5, 5.41) is 2.80. The monoisotopic (exact) mass is 381 g/mol. The van der Waals surface area contributed by atoms with E-state index in [1.54, 1.807) is 27.7 Å². The van der Waals surface area contributed by atoms with Crippen LogP contribution in [0.5, 0.6) is 0 Å². The van der Waals surface area contributed by atoms with Crippen LogP contribution in [0.3, 0.4) is 0 Å². The molecule has 1 rings (SSSR count). The Morgan fingerprint density at radius 1 is 0.917 bits per heavy atom. The van der Waals surface area contributed by atoms with E-state index in [9.17, 15) is 9.13 Å². The minimum Gasteiger partial charge on any atom is -0.345 e. The van der Waals surface area contributed by atoms with Crippen LogP contribution in [0.1, 0.15) is 27.7 Å². The Morgan fingerprint density at radius 3 is 1.71 bits per heavy atom. The second-order valence-electron chi connectivity index (χ2n) is 4.36. The molecule has 0 bridgehead atoms. The van der Waals surface area contributed by atoms with Crippen molar-refractivity contribution in [3.05, 3.63) is 18.6 Å². The largest absolute Gasteiger partial charge is 0.365 e. The molecule has 0 atom stereocenters. The van der Waals surface area contributed by atoms with E-state index in [0.717, 1.165) is 0 Å². The van der Waals surface area contributed by atoms with Gasteiger partial charge < -0.3 is 23.4 Å². The van der Waals surface area contributed by atoms with Crippen molar-refractivity contribution in [1.82, 2.24) is 9.97 Å². The lowest BCUT2D eigenvalue weighted by atomic mass is 10.7. The van der Waals surface area contributed by atoms with Gasteiger partial charge in [0.1, 0.15) is 5.82 Å². The van der Waals surface area contributed by atoms with Crippen LogP contribution in [-0.2, 0) is 27.2 Å². The quantitative estimate of drug-likeness (QED) is 0.542. The molecule has 1 N–H and O–H groups in total. The van der Waals surface area contributed by atoms with Crippen LogP contribution in [0.25, 0.3) is 0 Å². The maximum atomic E-state index is 13.2. The summed E-state index contributed by atoms with van der Waals surface area (Å²) in [5.41, 5.74) is -1.36. The third kappa shape index (κ3) is 5.62. The molecule has 0 aliphatic carbocycles. The van der Waals surface area contributed by atoms with Crippen LogP contribution >= 0.6 is 15.2 Å². The van der Waals surface area contributed by atoms with Gasteiger partial charge in [-0.3, -0.25) is 14.1 Å². The van der Waals surface area contributed by atoms with Crippen LogP contribution in [0.15, 0.2) is 18.6 Å². The van der Waals surface area contributed by atoms with Gasteiger partial charge in [0, 0.05) is 12.4 Å². The SMILES string of the molecule is CCOP(=O)(OCC)C(Nc1cnccn1)P(=O)(OCC)OCC. The number of rotatable bonds is 12. The zero-order chi connectivity index (χ0) is 18.1. The van der Waals surface area contributed by atoms with Crippen LogP contribution in [-0.4, -0.2) is 41.9 Å². The third-order valence-electron chi connectivity index (χ3n) is 2.68. The number of aromatic nitrogens is 2. The summed E-state index contributed by atoms with van der Waals surface area (Å²) in [6.45, 7) is 7.08. The van der Waals surface area contributed by atoms with E-state index in [0.29, 0.717) is 0 Å². The van der Waals surface area contributed by atoms with Crippen molar-refractivity contribution in [1.29, 1.82) is 0 Å². The van der Waals surface area contributed by atoms with E-state index in [2.05, 4.69) is 15.3 Å². The molecule has 11 heteroatoms. The number of hydrogen-bond donors (Lipinski definition) is 1. The lowest BCUT2D eigenvalue weighted by molar-refractivity contribution is 0.198. The fraction of sp³-hybridized carbons (Fsp3) is 0.692. The lowest BCUT2D eigenvalue weighted by Crippen LogP contribution is -2.26. The second kappa shape index (κ2) is 10.2. The standard InChI is InChI=1S/C13H25N3O6P2/c1-5-19-23(17,20-6-2)13(16-12-11-14-9-10-15-12)24(18,21-7-3)22-8-4/h9-11,13H,5-8H2,1-4H3,(H,15,16). The molecular formula is C13H25N3O6P2. The van der Waals surface area contributed by atoms with Crippen molar-refractivity contribution in [2.24, 2.45) is 0 Å². The number of hydrogen-bond acceptors (Lipinski definition) is 9. The Kier molecular flexibility index (Phi) is 9.05. The summed E-state index contributed by atoms with van der Waals surface area (Å²) in [6.07, 6.45) is 4.32. The van der Waals surface area contributed by atoms with Gasteiger partial charge in [0.15, 0.2) is 0 Å². The fourth-order valence-corrected chi connectivity index (χ4v) is 6.83. The summed E-state index contributed by atoms with van der Waals surface area (Å²) in [7, 11) is -7.74. The predicted molar refractivity (Wildman–Crippen MR) is 91.2 cm³/mol. The highest BCUT2D eigenvalue weighted by atomic mass is 31.2. The topological polar surface area (TPSA) is 109 Å². The average molecular weight is 381 g/mol. The summed E-state index contributed by atoms with van der Waals surface area (Å²) in [4.78, 5) is 7.97. The zero-order valence-electron chi connectivity index (χ0n) is 14.4. The van der Waals surface area contributed by atoms with Gasteiger partial charge in [0.2, 0.25) is 5.52 Å². The van der Waals surface area contributed by atoms with E-state index in [1.165, 1.54) is 18.6 Å². The molecule has 0 radical (unpaired) electrons. The van der Waals surface area contributed by atoms with Gasteiger partial charge in [-0.1, -0.05) is 0 Å². The van der Waals surface area contributed by atoms with Gasteiger partial charge in [-0.2, -0.15) is 0 Å². The Morgan fingerprint density at radius 2 is 1.38 bits per heavy atom. The molecule has 0 amide bonds. The van der Waals surface area contributed by atoms with Gasteiger partial charge in [-0.15, -0.1) is 0 Å². The first-order valence-corrected chi connectivity index (χ1v) is 11.0. The molecule has 24 heavy (non-hydrogen) atoms. The van der Waals surface area contributed by atoms with Crippen LogP contribution < -0.4 is 5.32 Å². The predicted octanol–water partition coefficient (Wildman–Crippen LogP) is 3.70. The Bertz CT molecular complexity index is 524. The van der Waals surface area contributed by atoms with E-state index in [-0.39, 0.29) is 32.2 Å². The molecule has 9 nitrogen and oxygen atoms in total. The molecule has 0 aromatic carbocycles. The van der Waals surface area contributed by atoms with Gasteiger partial charge in [0.25, 0.3) is 0 Å². The van der Waals surface area contributed by atoms with Crippen molar-refractivity contribution in [3.63, 3.8) is 0 Å². The van der Waals surface area contributed by atoms with Crippen molar-refractivity contribution < 1.29 is 27.2 Å². The number of nitrogens with zero attached hydrogens (tertiary/aromatic N) is 2. The first-order chi connectivity index (χ1) is 11.5. The third-order valence-corrected chi connectivity index (χ3v) is 8.30. The highest BCUT2D eigenvalue weighted by molar-refractivity contribution is 7.72. The van der Waals surface area contributed by atoms with Crippen LogP contribution in [0, 0.1) is 0 Å². The Balaban J connectivity index is 3.32. The molecule has 0 spiro atoms. The van der Waals surface area contributed by atoms with Crippen LogP contribution in [0.2, 0.25) is 0 Å². The smallest absolute Gasteiger partial charge is 0.345 e. The van der Waals surface area contributed by atoms with E-state index < -0.39 is 20.7 Å². The van der Waals surface area contributed by atoms with E-state index in [1.807, 2.05) is 0 Å². The molecule has 1 heterocycles. The maximum absolute atomic E-state index is 13.2. The highest BCUT2D eigenvalue weighted by Gasteiger charge is 2.51. The molecule has 1 aromatic heterocycles. The van der Waals surface area contributed by atoms with Crippen molar-refractivity contribution in [2.75, 3.05) is 31.7 Å². The minimum atomic E-state index is -3.87. The minimum absolute atomic E-state index is 0.105. The normalized spacial score (nSPS) is 12.5. The number of anilines is 1. The average Bonchev–Trinajstić information content (AvgIpc) is 2.54.